The second kappa shape index (κ2) is 8.02. The molecule has 8 heteroatoms. The van der Waals surface area contributed by atoms with Crippen LogP contribution in [-0.4, -0.2) is 79.5 Å². The lowest BCUT2D eigenvalue weighted by Gasteiger charge is -2.47. The predicted molar refractivity (Wildman–Crippen MR) is 98.3 cm³/mol. The van der Waals surface area contributed by atoms with Crippen LogP contribution in [0.5, 0.6) is 0 Å². The lowest BCUT2D eigenvalue weighted by Crippen LogP contribution is -2.57. The first-order chi connectivity index (χ1) is 12.4. The Morgan fingerprint density at radius 1 is 1.31 bits per heavy atom. The zero-order valence-electron chi connectivity index (χ0n) is 15.3. The molecule has 1 amide bonds. The largest absolute Gasteiger partial charge is 0.372 e. The first-order valence-corrected chi connectivity index (χ1v) is 11.1. The zero-order valence-corrected chi connectivity index (χ0v) is 16.1. The number of pyridine rings is 1. The number of amides is 1. The number of likely N-dealkylation sites (tertiary alicyclic amines) is 1. The number of sulfone groups is 1. The van der Waals surface area contributed by atoms with Crippen LogP contribution in [0.2, 0.25) is 0 Å². The molecule has 2 aliphatic heterocycles. The van der Waals surface area contributed by atoms with Crippen molar-refractivity contribution < 1.29 is 17.9 Å². The maximum atomic E-state index is 12.2. The van der Waals surface area contributed by atoms with Crippen LogP contribution in [-0.2, 0) is 25.9 Å². The molecule has 1 spiro atoms. The van der Waals surface area contributed by atoms with Crippen LogP contribution < -0.4 is 0 Å². The Morgan fingerprint density at radius 3 is 2.73 bits per heavy atom. The predicted octanol–water partition coefficient (Wildman–Crippen LogP) is 0.710. The minimum atomic E-state index is -3.11. The van der Waals surface area contributed by atoms with E-state index in [4.69, 9.17) is 4.74 Å². The Morgan fingerprint density at radius 2 is 2.08 bits per heavy atom. The van der Waals surface area contributed by atoms with Crippen molar-refractivity contribution in [2.75, 3.05) is 44.8 Å². The van der Waals surface area contributed by atoms with Gasteiger partial charge < -0.3 is 9.64 Å². The molecule has 3 heterocycles. The second-order valence-corrected chi connectivity index (χ2v) is 9.62. The number of hydrogen-bond acceptors (Lipinski definition) is 6. The Balaban J connectivity index is 1.52. The first kappa shape index (κ1) is 19.3. The van der Waals surface area contributed by atoms with Gasteiger partial charge in [0.05, 0.1) is 18.0 Å². The first-order valence-electron chi connectivity index (χ1n) is 9.06. The molecule has 7 nitrogen and oxygen atoms in total. The number of morpholine rings is 1. The van der Waals surface area contributed by atoms with E-state index in [0.29, 0.717) is 19.7 Å². The fraction of sp³-hybridized carbons (Fsp3) is 0.667. The van der Waals surface area contributed by atoms with E-state index in [1.165, 1.54) is 5.56 Å². The van der Waals surface area contributed by atoms with Crippen LogP contribution in [0.15, 0.2) is 24.5 Å². The van der Waals surface area contributed by atoms with Crippen LogP contribution in [0.4, 0.5) is 0 Å². The highest BCUT2D eigenvalue weighted by Gasteiger charge is 2.40. The molecule has 3 rings (SSSR count). The van der Waals surface area contributed by atoms with Crippen molar-refractivity contribution >= 4 is 15.7 Å². The Kier molecular flexibility index (Phi) is 5.94. The minimum Gasteiger partial charge on any atom is -0.372 e. The Hall–Kier alpha value is -1.51. The monoisotopic (exact) mass is 381 g/mol. The summed E-state index contributed by atoms with van der Waals surface area (Å²) in [5.41, 5.74) is 0.992. The fourth-order valence-corrected chi connectivity index (χ4v) is 4.25. The van der Waals surface area contributed by atoms with Crippen molar-refractivity contribution in [3.8, 4) is 0 Å². The van der Waals surface area contributed by atoms with Crippen molar-refractivity contribution in [1.82, 2.24) is 14.8 Å². The van der Waals surface area contributed by atoms with Gasteiger partial charge in [-0.2, -0.15) is 0 Å². The van der Waals surface area contributed by atoms with Gasteiger partial charge in [0.1, 0.15) is 9.84 Å². The molecule has 0 aliphatic carbocycles. The van der Waals surface area contributed by atoms with E-state index in [1.807, 2.05) is 12.3 Å². The highest BCUT2D eigenvalue weighted by Crippen LogP contribution is 2.31. The Labute approximate surface area is 155 Å². The third-order valence-electron chi connectivity index (χ3n) is 5.17. The third-order valence-corrected chi connectivity index (χ3v) is 6.12. The van der Waals surface area contributed by atoms with Gasteiger partial charge in [0.2, 0.25) is 5.91 Å². The topological polar surface area (TPSA) is 79.8 Å². The van der Waals surface area contributed by atoms with Crippen molar-refractivity contribution in [2.24, 2.45) is 0 Å². The van der Waals surface area contributed by atoms with E-state index in [0.717, 1.165) is 38.7 Å². The van der Waals surface area contributed by atoms with Crippen molar-refractivity contribution in [2.45, 2.75) is 31.4 Å². The SMILES string of the molecule is CS(=O)(=O)CCC(=O)N1CCC2(CC1)CN(Cc1cccnc1)CCO2. The lowest BCUT2D eigenvalue weighted by atomic mass is 9.89. The molecule has 0 saturated carbocycles. The summed E-state index contributed by atoms with van der Waals surface area (Å²) in [4.78, 5) is 20.6. The molecule has 0 atom stereocenters. The van der Waals surface area contributed by atoms with Crippen LogP contribution in [0.3, 0.4) is 0 Å². The van der Waals surface area contributed by atoms with Crippen molar-refractivity contribution in [3.05, 3.63) is 30.1 Å². The highest BCUT2D eigenvalue weighted by molar-refractivity contribution is 7.90. The molecule has 0 bridgehead atoms. The van der Waals surface area contributed by atoms with Gasteiger partial charge in [-0.3, -0.25) is 14.7 Å². The molecule has 0 unspecified atom stereocenters. The van der Waals surface area contributed by atoms with E-state index in [1.54, 1.807) is 11.1 Å². The summed E-state index contributed by atoms with van der Waals surface area (Å²) in [7, 11) is -3.11. The standard InChI is InChI=1S/C18H27N3O4S/c1-26(23,24)12-4-17(22)21-8-5-18(6-9-21)15-20(10-11-25-18)14-16-3-2-7-19-13-16/h2-3,7,13H,4-6,8-12,14-15H2,1H3. The van der Waals surface area contributed by atoms with Crippen LogP contribution in [0.25, 0.3) is 0 Å². The number of hydrogen-bond donors (Lipinski definition) is 0. The summed E-state index contributed by atoms with van der Waals surface area (Å²) >= 11 is 0. The molecule has 1 aromatic rings. The summed E-state index contributed by atoms with van der Waals surface area (Å²) in [6.45, 7) is 4.56. The molecule has 2 fully saturated rings. The van der Waals surface area contributed by atoms with Gasteiger partial charge in [-0.05, 0) is 24.5 Å². The quantitative estimate of drug-likeness (QED) is 0.747. The van der Waals surface area contributed by atoms with E-state index < -0.39 is 9.84 Å². The number of rotatable bonds is 5. The van der Waals surface area contributed by atoms with Gasteiger partial charge in [-0.25, -0.2) is 8.42 Å². The lowest BCUT2D eigenvalue weighted by molar-refractivity contribution is -0.151. The summed E-state index contributed by atoms with van der Waals surface area (Å²) in [5, 5.41) is 0. The van der Waals surface area contributed by atoms with E-state index in [-0.39, 0.29) is 23.7 Å². The van der Waals surface area contributed by atoms with Crippen molar-refractivity contribution in [3.63, 3.8) is 0 Å². The summed E-state index contributed by atoms with van der Waals surface area (Å²) < 4.78 is 28.6. The van der Waals surface area contributed by atoms with Gasteiger partial charge in [0.15, 0.2) is 0 Å². The number of nitrogens with zero attached hydrogens (tertiary/aromatic N) is 3. The smallest absolute Gasteiger partial charge is 0.223 e. The molecular weight excluding hydrogens is 354 g/mol. The third kappa shape index (κ3) is 5.25. The molecule has 0 radical (unpaired) electrons. The summed E-state index contributed by atoms with van der Waals surface area (Å²) in [5.74, 6) is -0.156. The zero-order chi connectivity index (χ0) is 18.6. The molecule has 1 aromatic heterocycles. The molecule has 144 valence electrons. The van der Waals surface area contributed by atoms with E-state index in [9.17, 15) is 13.2 Å². The normalized spacial score (nSPS) is 21.0. The number of carbonyl (C=O) groups excluding carboxylic acids is 1. The molecule has 26 heavy (non-hydrogen) atoms. The molecule has 0 aromatic carbocycles. The number of aromatic nitrogens is 1. The highest BCUT2D eigenvalue weighted by atomic mass is 32.2. The van der Waals surface area contributed by atoms with E-state index >= 15 is 0 Å². The molecular formula is C18H27N3O4S. The van der Waals surface area contributed by atoms with Gasteiger partial charge in [0.25, 0.3) is 0 Å². The fourth-order valence-electron chi connectivity index (χ4n) is 3.71. The number of piperidine rings is 1. The summed E-state index contributed by atoms with van der Waals surface area (Å²) in [6, 6.07) is 4.03. The van der Waals surface area contributed by atoms with Gasteiger partial charge in [-0.1, -0.05) is 6.07 Å². The van der Waals surface area contributed by atoms with Gasteiger partial charge in [-0.15, -0.1) is 0 Å². The van der Waals surface area contributed by atoms with Crippen molar-refractivity contribution in [1.29, 1.82) is 0 Å². The van der Waals surface area contributed by atoms with E-state index in [2.05, 4.69) is 16.0 Å². The van der Waals surface area contributed by atoms with Gasteiger partial charge >= 0.3 is 0 Å². The Bertz CT molecular complexity index is 715. The summed E-state index contributed by atoms with van der Waals surface area (Å²) in [6.07, 6.45) is 6.49. The van der Waals surface area contributed by atoms with Crippen LogP contribution >= 0.6 is 0 Å². The van der Waals surface area contributed by atoms with Gasteiger partial charge in [0, 0.05) is 57.8 Å². The number of ether oxygens (including phenoxy) is 1. The number of carbonyl (C=O) groups is 1. The minimum absolute atomic E-state index is 0.0693. The molecule has 0 N–H and O–H groups in total. The average Bonchev–Trinajstić information content (AvgIpc) is 2.61. The van der Waals surface area contributed by atoms with Crippen LogP contribution in [0.1, 0.15) is 24.8 Å². The average molecular weight is 381 g/mol. The molecule has 2 saturated heterocycles. The van der Waals surface area contributed by atoms with Crippen LogP contribution in [0, 0.1) is 0 Å². The second-order valence-electron chi connectivity index (χ2n) is 7.36. The molecule has 2 aliphatic rings. The maximum Gasteiger partial charge on any atom is 0.223 e. The maximum absolute atomic E-state index is 12.2.